The second-order valence-corrected chi connectivity index (χ2v) is 15.0. The van der Waals surface area contributed by atoms with E-state index >= 15 is 0 Å². The fraction of sp³-hybridized carbons (Fsp3) is 0. The van der Waals surface area contributed by atoms with Crippen LogP contribution in [0.25, 0.3) is 104 Å². The number of aromatic nitrogens is 4. The second-order valence-electron chi connectivity index (χ2n) is 14.0. The molecule has 4 heterocycles. The lowest BCUT2D eigenvalue weighted by atomic mass is 10.0. The van der Waals surface area contributed by atoms with E-state index in [2.05, 4.69) is 162 Å². The van der Waals surface area contributed by atoms with Crippen LogP contribution in [0.15, 0.2) is 194 Å². The highest BCUT2D eigenvalue weighted by Gasteiger charge is 2.23. The molecule has 0 atom stereocenters. The number of fused-ring (bicyclic) bond motifs is 7. The van der Waals surface area contributed by atoms with Crippen molar-refractivity contribution in [3.05, 3.63) is 194 Å². The summed E-state index contributed by atoms with van der Waals surface area (Å²) in [5, 5.41) is 3.61. The predicted molar refractivity (Wildman–Crippen MR) is 234 cm³/mol. The van der Waals surface area contributed by atoms with Crippen LogP contribution in [0.2, 0.25) is 0 Å². The molecular formula is C51H32N4S. The summed E-state index contributed by atoms with van der Waals surface area (Å²) >= 11 is 1.87. The topological polar surface area (TPSA) is 43.6 Å². The number of nitrogens with zero attached hydrogens (tertiary/aromatic N) is 4. The summed E-state index contributed by atoms with van der Waals surface area (Å²) < 4.78 is 4.98. The van der Waals surface area contributed by atoms with Gasteiger partial charge in [-0.05, 0) is 41.5 Å². The monoisotopic (exact) mass is 732 g/mol. The van der Waals surface area contributed by atoms with Gasteiger partial charge in [0.2, 0.25) is 0 Å². The lowest BCUT2D eigenvalue weighted by molar-refractivity contribution is 1.18. The zero-order valence-electron chi connectivity index (χ0n) is 30.2. The van der Waals surface area contributed by atoms with Crippen LogP contribution < -0.4 is 0 Å². The summed E-state index contributed by atoms with van der Waals surface area (Å²) in [4.78, 5) is 15.4. The summed E-state index contributed by atoms with van der Waals surface area (Å²) in [7, 11) is 0. The van der Waals surface area contributed by atoms with E-state index in [9.17, 15) is 0 Å². The van der Waals surface area contributed by atoms with Crippen LogP contribution in [0, 0.1) is 0 Å². The van der Waals surface area contributed by atoms with Gasteiger partial charge in [-0.3, -0.25) is 0 Å². The highest BCUT2D eigenvalue weighted by atomic mass is 32.1. The molecule has 0 unspecified atom stereocenters. The molecule has 0 saturated carbocycles. The quantitative estimate of drug-likeness (QED) is 0.171. The van der Waals surface area contributed by atoms with Crippen LogP contribution in [0.1, 0.15) is 0 Å². The largest absolute Gasteiger partial charge is 0.308 e. The zero-order valence-corrected chi connectivity index (χ0v) is 31.0. The second kappa shape index (κ2) is 13.3. The minimum absolute atomic E-state index is 0.712. The molecule has 0 radical (unpaired) electrons. The van der Waals surface area contributed by atoms with Crippen molar-refractivity contribution >= 4 is 53.4 Å². The summed E-state index contributed by atoms with van der Waals surface area (Å²) in [6.07, 6.45) is 0. The van der Waals surface area contributed by atoms with E-state index < -0.39 is 0 Å². The number of rotatable bonds is 6. The van der Waals surface area contributed by atoms with Crippen LogP contribution in [0.5, 0.6) is 0 Å². The SMILES string of the molecule is c1ccc(-c2cc(-c3ccc(-c4ccc5c6sc7c8ccccc8nc(-c8ccccc8)c7c6n(-c6ccccc6)c5c4)cc3)nc(-c3ccccc3)n2)cc1. The van der Waals surface area contributed by atoms with Gasteiger partial charge in [0.15, 0.2) is 5.82 Å². The van der Waals surface area contributed by atoms with Gasteiger partial charge in [0, 0.05) is 48.8 Å². The van der Waals surface area contributed by atoms with Gasteiger partial charge in [0.1, 0.15) is 0 Å². The molecule has 7 aromatic carbocycles. The molecule has 0 fully saturated rings. The van der Waals surface area contributed by atoms with Crippen LogP contribution >= 0.6 is 11.3 Å². The molecule has 0 aliphatic heterocycles. The molecule has 11 aromatic rings. The molecule has 0 aliphatic carbocycles. The van der Waals surface area contributed by atoms with Crippen LogP contribution in [0.3, 0.4) is 0 Å². The van der Waals surface area contributed by atoms with Crippen molar-refractivity contribution in [1.82, 2.24) is 19.5 Å². The first kappa shape index (κ1) is 32.2. The summed E-state index contributed by atoms with van der Waals surface area (Å²) in [5.74, 6) is 0.712. The third-order valence-electron chi connectivity index (χ3n) is 10.6. The summed E-state index contributed by atoms with van der Waals surface area (Å²) in [6, 6.07) is 68.2. The molecule has 262 valence electrons. The molecule has 0 saturated heterocycles. The molecule has 0 N–H and O–H groups in total. The maximum atomic E-state index is 5.33. The molecule has 56 heavy (non-hydrogen) atoms. The predicted octanol–water partition coefficient (Wildman–Crippen LogP) is 13.7. The normalized spacial score (nSPS) is 11.6. The summed E-state index contributed by atoms with van der Waals surface area (Å²) in [6.45, 7) is 0. The Labute approximate surface area is 327 Å². The highest BCUT2D eigenvalue weighted by Crippen LogP contribution is 2.48. The van der Waals surface area contributed by atoms with Gasteiger partial charge in [0.25, 0.3) is 0 Å². The molecule has 0 bridgehead atoms. The van der Waals surface area contributed by atoms with Crippen molar-refractivity contribution in [1.29, 1.82) is 0 Å². The van der Waals surface area contributed by atoms with Crippen LogP contribution in [-0.2, 0) is 0 Å². The number of thiophene rings is 1. The fourth-order valence-corrected chi connectivity index (χ4v) is 9.28. The molecule has 0 spiro atoms. The zero-order chi connectivity index (χ0) is 37.0. The van der Waals surface area contributed by atoms with E-state index in [1.54, 1.807) is 0 Å². The van der Waals surface area contributed by atoms with Crippen molar-refractivity contribution in [2.45, 2.75) is 0 Å². The van der Waals surface area contributed by atoms with Gasteiger partial charge in [-0.15, -0.1) is 11.3 Å². The Kier molecular flexibility index (Phi) is 7.64. The third kappa shape index (κ3) is 5.40. The van der Waals surface area contributed by atoms with Crippen LogP contribution in [-0.4, -0.2) is 19.5 Å². The molecule has 0 aliphatic rings. The van der Waals surface area contributed by atoms with Gasteiger partial charge in [-0.2, -0.15) is 0 Å². The Morgan fingerprint density at radius 2 is 0.946 bits per heavy atom. The molecule has 5 heteroatoms. The first-order chi connectivity index (χ1) is 27.8. The molecular weight excluding hydrogens is 701 g/mol. The molecule has 4 nitrogen and oxygen atoms in total. The number of pyridine rings is 1. The average molecular weight is 733 g/mol. The highest BCUT2D eigenvalue weighted by molar-refractivity contribution is 7.27. The molecule has 11 rings (SSSR count). The van der Waals surface area contributed by atoms with Gasteiger partial charge in [-0.1, -0.05) is 164 Å². The number of hydrogen-bond acceptors (Lipinski definition) is 4. The maximum absolute atomic E-state index is 5.33. The van der Waals surface area contributed by atoms with Crippen molar-refractivity contribution in [2.75, 3.05) is 0 Å². The van der Waals surface area contributed by atoms with E-state index in [1.807, 2.05) is 47.7 Å². The van der Waals surface area contributed by atoms with E-state index in [0.717, 1.165) is 61.7 Å². The van der Waals surface area contributed by atoms with Gasteiger partial charge < -0.3 is 4.57 Å². The minimum atomic E-state index is 0.712. The number of para-hydroxylation sites is 2. The van der Waals surface area contributed by atoms with Gasteiger partial charge in [0.05, 0.1) is 38.3 Å². The number of benzene rings is 7. The maximum Gasteiger partial charge on any atom is 0.160 e. The van der Waals surface area contributed by atoms with E-state index in [-0.39, 0.29) is 0 Å². The lowest BCUT2D eigenvalue weighted by Crippen LogP contribution is -1.96. The average Bonchev–Trinajstić information content (AvgIpc) is 3.82. The molecule has 0 amide bonds. The Morgan fingerprint density at radius 1 is 0.393 bits per heavy atom. The smallest absolute Gasteiger partial charge is 0.160 e. The van der Waals surface area contributed by atoms with E-state index in [0.29, 0.717) is 5.82 Å². The van der Waals surface area contributed by atoms with Crippen molar-refractivity contribution in [3.63, 3.8) is 0 Å². The minimum Gasteiger partial charge on any atom is -0.308 e. The standard InChI is InChI=1S/C51H32N4S/c1-5-15-34(16-6-1)43-32-44(54-51(53-43)37-19-9-3-10-20-37)35-27-25-33(26-28-35)38-29-30-41-45(31-38)55(39-21-11-4-12-22-39)48-46-47(36-17-7-2-8-18-36)52-42-24-14-13-23-40(42)49(46)56-50(41)48/h1-32H. The van der Waals surface area contributed by atoms with Crippen molar-refractivity contribution in [2.24, 2.45) is 0 Å². The lowest BCUT2D eigenvalue weighted by Gasteiger charge is -2.12. The first-order valence-electron chi connectivity index (χ1n) is 18.8. The molecule has 4 aromatic heterocycles. The van der Waals surface area contributed by atoms with Crippen molar-refractivity contribution in [3.8, 4) is 62.0 Å². The third-order valence-corrected chi connectivity index (χ3v) is 11.9. The Morgan fingerprint density at radius 3 is 1.64 bits per heavy atom. The van der Waals surface area contributed by atoms with Crippen LogP contribution in [0.4, 0.5) is 0 Å². The van der Waals surface area contributed by atoms with E-state index in [1.165, 1.54) is 36.6 Å². The Balaban J connectivity index is 1.08. The fourth-order valence-electron chi connectivity index (χ4n) is 7.93. The number of hydrogen-bond donors (Lipinski definition) is 0. The first-order valence-corrected chi connectivity index (χ1v) is 19.6. The van der Waals surface area contributed by atoms with E-state index in [4.69, 9.17) is 15.0 Å². The van der Waals surface area contributed by atoms with Gasteiger partial charge >= 0.3 is 0 Å². The van der Waals surface area contributed by atoms with Crippen molar-refractivity contribution < 1.29 is 0 Å². The Hall–Kier alpha value is -7.21. The Bertz CT molecular complexity index is 3150. The van der Waals surface area contributed by atoms with Gasteiger partial charge in [-0.25, -0.2) is 15.0 Å². The summed E-state index contributed by atoms with van der Waals surface area (Å²) in [5.41, 5.74) is 13.8.